The quantitative estimate of drug-likeness (QED) is 0.751. The van der Waals surface area contributed by atoms with Gasteiger partial charge in [0.1, 0.15) is 12.6 Å². The van der Waals surface area contributed by atoms with Gasteiger partial charge in [-0.1, -0.05) is 17.7 Å². The van der Waals surface area contributed by atoms with Crippen molar-refractivity contribution in [2.24, 2.45) is 0 Å². The van der Waals surface area contributed by atoms with E-state index in [0.29, 0.717) is 42.0 Å². The van der Waals surface area contributed by atoms with Crippen molar-refractivity contribution in [2.45, 2.75) is 51.5 Å². The van der Waals surface area contributed by atoms with E-state index in [9.17, 15) is 13.2 Å². The van der Waals surface area contributed by atoms with E-state index in [1.165, 1.54) is 9.21 Å². The molecule has 136 valence electrons. The number of hydrogen-bond acceptors (Lipinski definition) is 4. The lowest BCUT2D eigenvalue weighted by Crippen LogP contribution is -2.48. The van der Waals surface area contributed by atoms with Crippen molar-refractivity contribution in [2.75, 3.05) is 19.6 Å². The fraction of sp³-hybridized carbons (Fsp3) is 0.556. The third-order valence-corrected chi connectivity index (χ3v) is 6.83. The van der Waals surface area contributed by atoms with Crippen molar-refractivity contribution in [1.82, 2.24) is 9.21 Å². The maximum atomic E-state index is 13.3. The number of hydrogen-bond donors (Lipinski definition) is 0. The minimum atomic E-state index is -3.76. The minimum Gasteiger partial charge on any atom is -0.328 e. The SMILES string of the molecule is CCN(CC#N)C(=O)C1CCCN1S(=O)(=O)c1c(C)cc(C)cc1C. The molecule has 7 heteroatoms. The Morgan fingerprint density at radius 2 is 1.92 bits per heavy atom. The summed E-state index contributed by atoms with van der Waals surface area (Å²) in [5.74, 6) is -0.285. The van der Waals surface area contributed by atoms with E-state index < -0.39 is 16.1 Å². The maximum Gasteiger partial charge on any atom is 0.244 e. The molecule has 1 aliphatic rings. The van der Waals surface area contributed by atoms with Crippen LogP contribution in [-0.4, -0.2) is 49.2 Å². The molecule has 1 aliphatic heterocycles. The van der Waals surface area contributed by atoms with Crippen molar-refractivity contribution in [1.29, 1.82) is 5.26 Å². The Bertz CT molecular complexity index is 788. The molecule has 1 aromatic rings. The molecule has 1 aromatic carbocycles. The molecule has 0 bridgehead atoms. The van der Waals surface area contributed by atoms with Crippen LogP contribution in [0.4, 0.5) is 0 Å². The number of likely N-dealkylation sites (N-methyl/N-ethyl adjacent to an activating group) is 1. The molecule has 1 heterocycles. The van der Waals surface area contributed by atoms with E-state index in [0.717, 1.165) is 5.56 Å². The molecule has 2 rings (SSSR count). The first-order valence-electron chi connectivity index (χ1n) is 8.49. The summed E-state index contributed by atoms with van der Waals surface area (Å²) in [4.78, 5) is 14.5. The summed E-state index contributed by atoms with van der Waals surface area (Å²) in [6.45, 7) is 7.98. The van der Waals surface area contributed by atoms with Crippen molar-refractivity contribution in [3.63, 3.8) is 0 Å². The fourth-order valence-corrected chi connectivity index (χ4v) is 5.67. The van der Waals surface area contributed by atoms with Gasteiger partial charge in [0.25, 0.3) is 0 Å². The Morgan fingerprint density at radius 1 is 1.32 bits per heavy atom. The van der Waals surface area contributed by atoms with Crippen LogP contribution in [0.1, 0.15) is 36.5 Å². The average Bonchev–Trinajstić information content (AvgIpc) is 3.01. The van der Waals surface area contributed by atoms with Gasteiger partial charge in [0, 0.05) is 13.1 Å². The van der Waals surface area contributed by atoms with Gasteiger partial charge >= 0.3 is 0 Å². The average molecular weight is 363 g/mol. The van der Waals surface area contributed by atoms with Gasteiger partial charge in [-0.2, -0.15) is 9.57 Å². The van der Waals surface area contributed by atoms with E-state index >= 15 is 0 Å². The van der Waals surface area contributed by atoms with Crippen LogP contribution in [0.5, 0.6) is 0 Å². The zero-order valence-electron chi connectivity index (χ0n) is 15.2. The van der Waals surface area contributed by atoms with Crippen molar-refractivity contribution in [3.05, 3.63) is 28.8 Å². The molecule has 6 nitrogen and oxygen atoms in total. The van der Waals surface area contributed by atoms with E-state index in [4.69, 9.17) is 5.26 Å². The van der Waals surface area contributed by atoms with Crippen LogP contribution in [-0.2, 0) is 14.8 Å². The summed E-state index contributed by atoms with van der Waals surface area (Å²) < 4.78 is 27.8. The highest BCUT2D eigenvalue weighted by atomic mass is 32.2. The Morgan fingerprint density at radius 3 is 2.44 bits per heavy atom. The number of rotatable bonds is 5. The van der Waals surface area contributed by atoms with Gasteiger partial charge in [-0.25, -0.2) is 8.42 Å². The fourth-order valence-electron chi connectivity index (χ4n) is 3.61. The number of amides is 1. The normalized spacial score (nSPS) is 18.1. The lowest BCUT2D eigenvalue weighted by molar-refractivity contribution is -0.133. The first kappa shape index (κ1) is 19.4. The van der Waals surface area contributed by atoms with E-state index in [2.05, 4.69) is 0 Å². The summed E-state index contributed by atoms with van der Waals surface area (Å²) in [7, 11) is -3.76. The molecule has 0 spiro atoms. The second-order valence-corrected chi connectivity index (χ2v) is 8.34. The van der Waals surface area contributed by atoms with Gasteiger partial charge in [0.05, 0.1) is 11.0 Å². The Balaban J connectivity index is 2.42. The standard InChI is InChI=1S/C18H25N3O3S/c1-5-20(10-8-19)18(22)16-7-6-9-21(16)25(23,24)17-14(3)11-13(2)12-15(17)4/h11-12,16H,5-7,9-10H2,1-4H3. The van der Waals surface area contributed by atoms with E-state index in [1.807, 2.05) is 25.1 Å². The Kier molecular flexibility index (Phi) is 5.86. The smallest absolute Gasteiger partial charge is 0.244 e. The highest BCUT2D eigenvalue weighted by Gasteiger charge is 2.41. The first-order chi connectivity index (χ1) is 11.7. The summed E-state index contributed by atoms with van der Waals surface area (Å²) in [5, 5.41) is 8.89. The molecule has 0 radical (unpaired) electrons. The molecule has 0 N–H and O–H groups in total. The second kappa shape index (κ2) is 7.54. The van der Waals surface area contributed by atoms with Gasteiger partial charge in [0.15, 0.2) is 0 Å². The molecular weight excluding hydrogens is 338 g/mol. The summed E-state index contributed by atoms with van der Waals surface area (Å²) in [6.07, 6.45) is 1.13. The van der Waals surface area contributed by atoms with Gasteiger partial charge in [0.2, 0.25) is 15.9 Å². The maximum absolute atomic E-state index is 13.3. The number of aryl methyl sites for hydroxylation is 3. The number of sulfonamides is 1. The molecular formula is C18H25N3O3S. The minimum absolute atomic E-state index is 0.0255. The van der Waals surface area contributed by atoms with Gasteiger partial charge in [-0.15, -0.1) is 0 Å². The third-order valence-electron chi connectivity index (χ3n) is 4.62. The van der Waals surface area contributed by atoms with Gasteiger partial charge < -0.3 is 4.90 Å². The van der Waals surface area contributed by atoms with Crippen molar-refractivity contribution in [3.8, 4) is 6.07 Å². The first-order valence-corrected chi connectivity index (χ1v) is 9.93. The predicted octanol–water partition coefficient (Wildman–Crippen LogP) is 2.14. The number of nitriles is 1. The van der Waals surface area contributed by atoms with Crippen LogP contribution >= 0.6 is 0 Å². The molecule has 1 atom stereocenters. The molecule has 0 aliphatic carbocycles. The molecule has 1 amide bonds. The van der Waals surface area contributed by atoms with Crippen LogP contribution in [0.25, 0.3) is 0 Å². The largest absolute Gasteiger partial charge is 0.328 e. The lowest BCUT2D eigenvalue weighted by Gasteiger charge is -2.28. The summed E-state index contributed by atoms with van der Waals surface area (Å²) >= 11 is 0. The monoisotopic (exact) mass is 363 g/mol. The second-order valence-electron chi connectivity index (χ2n) is 6.51. The lowest BCUT2D eigenvalue weighted by atomic mass is 10.1. The van der Waals surface area contributed by atoms with Crippen LogP contribution in [0, 0.1) is 32.1 Å². The van der Waals surface area contributed by atoms with Crippen LogP contribution in [0.15, 0.2) is 17.0 Å². The molecule has 1 saturated heterocycles. The van der Waals surface area contributed by atoms with E-state index in [1.54, 1.807) is 20.8 Å². The van der Waals surface area contributed by atoms with Gasteiger partial charge in [-0.3, -0.25) is 4.79 Å². The molecule has 0 aromatic heterocycles. The Hall–Kier alpha value is -1.91. The highest BCUT2D eigenvalue weighted by Crippen LogP contribution is 2.31. The number of nitrogens with zero attached hydrogens (tertiary/aromatic N) is 3. The van der Waals surface area contributed by atoms with Crippen LogP contribution < -0.4 is 0 Å². The van der Waals surface area contributed by atoms with Gasteiger partial charge in [-0.05, 0) is 51.7 Å². The highest BCUT2D eigenvalue weighted by molar-refractivity contribution is 7.89. The molecule has 0 saturated carbocycles. The number of benzene rings is 1. The molecule has 25 heavy (non-hydrogen) atoms. The summed E-state index contributed by atoms with van der Waals surface area (Å²) in [6, 6.07) is 4.94. The molecule has 1 fully saturated rings. The topological polar surface area (TPSA) is 81.5 Å². The Labute approximate surface area is 150 Å². The zero-order valence-corrected chi connectivity index (χ0v) is 16.1. The van der Waals surface area contributed by atoms with Crippen molar-refractivity contribution < 1.29 is 13.2 Å². The number of carbonyl (C=O) groups excluding carboxylic acids is 1. The van der Waals surface area contributed by atoms with Crippen molar-refractivity contribution >= 4 is 15.9 Å². The zero-order chi connectivity index (χ0) is 18.8. The summed E-state index contributed by atoms with van der Waals surface area (Å²) in [5.41, 5.74) is 2.40. The van der Waals surface area contributed by atoms with Crippen LogP contribution in [0.3, 0.4) is 0 Å². The van der Waals surface area contributed by atoms with Crippen LogP contribution in [0.2, 0.25) is 0 Å². The predicted molar refractivity (Wildman–Crippen MR) is 95.4 cm³/mol. The third kappa shape index (κ3) is 3.70. The van der Waals surface area contributed by atoms with E-state index in [-0.39, 0.29) is 12.5 Å². The number of carbonyl (C=O) groups is 1. The molecule has 1 unspecified atom stereocenters.